The van der Waals surface area contributed by atoms with Crippen molar-refractivity contribution < 1.29 is 4.79 Å². The summed E-state index contributed by atoms with van der Waals surface area (Å²) in [5, 5.41) is 2.78. The van der Waals surface area contributed by atoms with Crippen LogP contribution in [0.1, 0.15) is 26.1 Å². The Hall–Kier alpha value is -1.36. The van der Waals surface area contributed by atoms with Gasteiger partial charge in [0, 0.05) is 25.4 Å². The molecule has 0 saturated heterocycles. The molecule has 1 heterocycles. The molecule has 84 valence electrons. The van der Waals surface area contributed by atoms with Crippen molar-refractivity contribution in [1.29, 1.82) is 0 Å². The van der Waals surface area contributed by atoms with E-state index in [1.807, 2.05) is 0 Å². The van der Waals surface area contributed by atoms with Crippen LogP contribution in [-0.4, -0.2) is 28.0 Å². The van der Waals surface area contributed by atoms with Crippen molar-refractivity contribution in [2.24, 2.45) is 5.73 Å². The molecule has 1 aromatic heterocycles. The Morgan fingerprint density at radius 1 is 1.67 bits per heavy atom. The third-order valence-corrected chi connectivity index (χ3v) is 2.02. The van der Waals surface area contributed by atoms with Gasteiger partial charge in [0.1, 0.15) is 5.82 Å². The van der Waals surface area contributed by atoms with Gasteiger partial charge in [-0.25, -0.2) is 4.98 Å². The molecule has 0 aromatic carbocycles. The molecule has 4 N–H and O–H groups in total. The maximum Gasteiger partial charge on any atom is 0.239 e. The lowest BCUT2D eigenvalue weighted by molar-refractivity contribution is -0.125. The van der Waals surface area contributed by atoms with Gasteiger partial charge in [-0.1, -0.05) is 0 Å². The second-order valence-corrected chi connectivity index (χ2v) is 4.12. The van der Waals surface area contributed by atoms with Crippen LogP contribution in [0, 0.1) is 0 Å². The molecule has 0 bridgehead atoms. The number of aromatic amines is 1. The highest BCUT2D eigenvalue weighted by Crippen LogP contribution is 1.97. The van der Waals surface area contributed by atoms with E-state index in [9.17, 15) is 4.79 Å². The van der Waals surface area contributed by atoms with Crippen LogP contribution in [0.4, 0.5) is 0 Å². The first-order valence-electron chi connectivity index (χ1n) is 5.05. The number of hydrogen-bond donors (Lipinski definition) is 3. The molecule has 0 aliphatic rings. The second-order valence-electron chi connectivity index (χ2n) is 4.12. The fraction of sp³-hybridized carbons (Fsp3) is 0.600. The lowest BCUT2D eigenvalue weighted by Gasteiger charge is -2.17. The molecule has 0 aliphatic carbocycles. The molecular formula is C10H18N4O. The zero-order valence-corrected chi connectivity index (χ0v) is 9.21. The van der Waals surface area contributed by atoms with Crippen molar-refractivity contribution in [3.63, 3.8) is 0 Å². The Morgan fingerprint density at radius 2 is 2.40 bits per heavy atom. The lowest BCUT2D eigenvalue weighted by atomic mass is 10.1. The van der Waals surface area contributed by atoms with E-state index in [0.29, 0.717) is 6.54 Å². The number of amides is 1. The summed E-state index contributed by atoms with van der Waals surface area (Å²) in [7, 11) is 0. The number of hydrogen-bond acceptors (Lipinski definition) is 3. The number of nitrogens with zero attached hydrogens (tertiary/aromatic N) is 1. The van der Waals surface area contributed by atoms with Gasteiger partial charge in [-0.3, -0.25) is 4.79 Å². The highest BCUT2D eigenvalue weighted by atomic mass is 16.2. The Bertz CT molecular complexity index is 300. The van der Waals surface area contributed by atoms with Crippen molar-refractivity contribution in [2.45, 2.75) is 32.2 Å². The summed E-state index contributed by atoms with van der Waals surface area (Å²) in [6.07, 6.45) is 5.20. The second kappa shape index (κ2) is 4.93. The van der Waals surface area contributed by atoms with Crippen LogP contribution in [0.5, 0.6) is 0 Å². The van der Waals surface area contributed by atoms with Crippen LogP contribution >= 0.6 is 0 Å². The topological polar surface area (TPSA) is 83.8 Å². The van der Waals surface area contributed by atoms with Crippen LogP contribution in [0.3, 0.4) is 0 Å². The van der Waals surface area contributed by atoms with E-state index in [1.165, 1.54) is 0 Å². The highest BCUT2D eigenvalue weighted by molar-refractivity contribution is 5.84. The van der Waals surface area contributed by atoms with Gasteiger partial charge in [0.25, 0.3) is 0 Å². The van der Waals surface area contributed by atoms with Gasteiger partial charge >= 0.3 is 0 Å². The predicted molar refractivity (Wildman–Crippen MR) is 58.2 cm³/mol. The van der Waals surface area contributed by atoms with E-state index in [2.05, 4.69) is 15.3 Å². The molecule has 5 nitrogen and oxygen atoms in total. The van der Waals surface area contributed by atoms with Gasteiger partial charge in [0.15, 0.2) is 0 Å². The zero-order chi connectivity index (χ0) is 11.3. The maximum absolute atomic E-state index is 11.4. The van der Waals surface area contributed by atoms with Crippen molar-refractivity contribution >= 4 is 5.91 Å². The largest absolute Gasteiger partial charge is 0.355 e. The van der Waals surface area contributed by atoms with Gasteiger partial charge in [-0.05, 0) is 20.3 Å². The van der Waals surface area contributed by atoms with E-state index in [-0.39, 0.29) is 5.91 Å². The number of nitrogens with two attached hydrogens (primary N) is 1. The first-order chi connectivity index (χ1) is 7.00. The lowest BCUT2D eigenvalue weighted by Crippen LogP contribution is -2.49. The highest BCUT2D eigenvalue weighted by Gasteiger charge is 2.20. The number of aryl methyl sites for hydroxylation is 1. The molecular weight excluding hydrogens is 192 g/mol. The van der Waals surface area contributed by atoms with Gasteiger partial charge in [-0.15, -0.1) is 0 Å². The monoisotopic (exact) mass is 210 g/mol. The van der Waals surface area contributed by atoms with Crippen molar-refractivity contribution in [3.8, 4) is 0 Å². The van der Waals surface area contributed by atoms with E-state index in [0.717, 1.165) is 18.7 Å². The molecule has 0 unspecified atom stereocenters. The van der Waals surface area contributed by atoms with Gasteiger partial charge in [0.2, 0.25) is 5.91 Å². The van der Waals surface area contributed by atoms with Crippen LogP contribution in [-0.2, 0) is 11.2 Å². The van der Waals surface area contributed by atoms with Crippen LogP contribution in [0.25, 0.3) is 0 Å². The van der Waals surface area contributed by atoms with Crippen molar-refractivity contribution in [3.05, 3.63) is 18.2 Å². The standard InChI is InChI=1S/C10H18N4O/c1-10(2,11)9(15)14-5-3-4-8-12-6-7-13-8/h6-7H,3-5,11H2,1-2H3,(H,12,13)(H,14,15). The Kier molecular flexibility index (Phi) is 3.85. The molecule has 1 aromatic rings. The Balaban J connectivity index is 2.15. The SMILES string of the molecule is CC(C)(N)C(=O)NCCCc1ncc[nH]1. The third kappa shape index (κ3) is 4.12. The first-order valence-corrected chi connectivity index (χ1v) is 5.05. The van der Waals surface area contributed by atoms with Gasteiger partial charge in [-0.2, -0.15) is 0 Å². The molecule has 0 radical (unpaired) electrons. The number of H-pyrrole nitrogens is 1. The minimum absolute atomic E-state index is 0.123. The molecule has 15 heavy (non-hydrogen) atoms. The third-order valence-electron chi connectivity index (χ3n) is 2.02. The quantitative estimate of drug-likeness (QED) is 0.607. The number of carbonyl (C=O) groups excluding carboxylic acids is 1. The molecule has 1 amide bonds. The average Bonchev–Trinajstić information content (AvgIpc) is 2.63. The number of rotatable bonds is 5. The molecule has 0 fully saturated rings. The Labute approximate surface area is 89.5 Å². The molecule has 0 atom stereocenters. The zero-order valence-electron chi connectivity index (χ0n) is 9.21. The van der Waals surface area contributed by atoms with E-state index < -0.39 is 5.54 Å². The summed E-state index contributed by atoms with van der Waals surface area (Å²) in [5.74, 6) is 0.818. The number of imidazole rings is 1. The summed E-state index contributed by atoms with van der Waals surface area (Å²) in [5.41, 5.74) is 4.82. The predicted octanol–water partition coefficient (Wildman–Crippen LogP) is 0.196. The normalized spacial score (nSPS) is 11.4. The van der Waals surface area contributed by atoms with Crippen LogP contribution in [0.2, 0.25) is 0 Å². The first kappa shape index (κ1) is 11.7. The summed E-state index contributed by atoms with van der Waals surface area (Å²) >= 11 is 0. The van der Waals surface area contributed by atoms with Gasteiger partial charge < -0.3 is 16.0 Å². The fourth-order valence-corrected chi connectivity index (χ4v) is 1.12. The number of carbonyl (C=O) groups is 1. The minimum atomic E-state index is -0.801. The molecule has 5 heteroatoms. The van der Waals surface area contributed by atoms with Crippen molar-refractivity contribution in [1.82, 2.24) is 15.3 Å². The maximum atomic E-state index is 11.4. The average molecular weight is 210 g/mol. The molecule has 0 spiro atoms. The molecule has 0 saturated carbocycles. The molecule has 0 aliphatic heterocycles. The van der Waals surface area contributed by atoms with E-state index in [4.69, 9.17) is 5.73 Å². The van der Waals surface area contributed by atoms with Crippen LogP contribution in [0.15, 0.2) is 12.4 Å². The van der Waals surface area contributed by atoms with E-state index in [1.54, 1.807) is 26.2 Å². The number of aromatic nitrogens is 2. The molecule has 1 rings (SSSR count). The summed E-state index contributed by atoms with van der Waals surface area (Å²) in [6, 6.07) is 0. The smallest absolute Gasteiger partial charge is 0.239 e. The Morgan fingerprint density at radius 3 is 2.93 bits per heavy atom. The van der Waals surface area contributed by atoms with Gasteiger partial charge in [0.05, 0.1) is 5.54 Å². The summed E-state index contributed by atoms with van der Waals surface area (Å²) in [6.45, 7) is 4.00. The van der Waals surface area contributed by atoms with E-state index >= 15 is 0 Å². The fourth-order valence-electron chi connectivity index (χ4n) is 1.12. The van der Waals surface area contributed by atoms with Crippen molar-refractivity contribution in [2.75, 3.05) is 6.54 Å². The minimum Gasteiger partial charge on any atom is -0.355 e. The van der Waals surface area contributed by atoms with Crippen LogP contribution < -0.4 is 11.1 Å². The number of nitrogens with one attached hydrogen (secondary N) is 2. The summed E-state index contributed by atoms with van der Waals surface area (Å²) in [4.78, 5) is 18.5. The summed E-state index contributed by atoms with van der Waals surface area (Å²) < 4.78 is 0.